The van der Waals surface area contributed by atoms with Gasteiger partial charge < -0.3 is 15.5 Å². The van der Waals surface area contributed by atoms with E-state index in [0.29, 0.717) is 24.9 Å². The summed E-state index contributed by atoms with van der Waals surface area (Å²) in [5.74, 6) is 0.296. The maximum atomic E-state index is 12.3. The Morgan fingerprint density at radius 2 is 1.95 bits per heavy atom. The van der Waals surface area contributed by atoms with Crippen molar-refractivity contribution < 1.29 is 4.79 Å². The van der Waals surface area contributed by atoms with E-state index in [9.17, 15) is 4.79 Å². The number of rotatable bonds is 5. The normalized spacial score (nSPS) is 26.9. The molecule has 2 unspecified atom stereocenters. The number of nitrogens with two attached hydrogens (primary N) is 1. The Bertz CT molecular complexity index is 317. The Morgan fingerprint density at radius 1 is 1.25 bits per heavy atom. The first-order chi connectivity index (χ1) is 9.65. The number of likely N-dealkylation sites (tertiary alicyclic amines) is 1. The fourth-order valence-electron chi connectivity index (χ4n) is 3.40. The zero-order chi connectivity index (χ0) is 14.5. The van der Waals surface area contributed by atoms with E-state index in [1.165, 1.54) is 0 Å². The number of piperazine rings is 1. The summed E-state index contributed by atoms with van der Waals surface area (Å²) in [6.07, 6.45) is 4.07. The van der Waals surface area contributed by atoms with E-state index in [0.717, 1.165) is 52.0 Å². The van der Waals surface area contributed by atoms with E-state index in [-0.39, 0.29) is 6.04 Å². The highest BCUT2D eigenvalue weighted by atomic mass is 16.2. The van der Waals surface area contributed by atoms with E-state index in [1.54, 1.807) is 0 Å². The summed E-state index contributed by atoms with van der Waals surface area (Å²) in [6.45, 7) is 7.85. The molecular formula is C15H30N4O. The van der Waals surface area contributed by atoms with Crippen LogP contribution >= 0.6 is 0 Å². The molecule has 5 heteroatoms. The predicted molar refractivity (Wildman–Crippen MR) is 81.6 cm³/mol. The minimum Gasteiger partial charge on any atom is -0.343 e. The second-order valence-electron chi connectivity index (χ2n) is 6.22. The summed E-state index contributed by atoms with van der Waals surface area (Å²) in [6, 6.07) is 0.811. The molecule has 0 radical (unpaired) electrons. The fourth-order valence-corrected chi connectivity index (χ4v) is 3.40. The average molecular weight is 282 g/mol. The smallest absolute Gasteiger partial charge is 0.224 e. The van der Waals surface area contributed by atoms with Crippen molar-refractivity contribution in [3.63, 3.8) is 0 Å². The number of carbonyl (C=O) groups excluding carboxylic acids is 1. The van der Waals surface area contributed by atoms with Crippen LogP contribution in [-0.4, -0.2) is 79.0 Å². The lowest BCUT2D eigenvalue weighted by atomic mass is 10.1. The minimum absolute atomic E-state index is 0.214. The molecule has 5 nitrogen and oxygen atoms in total. The number of hydrogen-bond acceptors (Lipinski definition) is 4. The van der Waals surface area contributed by atoms with E-state index < -0.39 is 0 Å². The van der Waals surface area contributed by atoms with E-state index >= 15 is 0 Å². The highest BCUT2D eigenvalue weighted by molar-refractivity contribution is 5.77. The molecule has 0 aromatic rings. The lowest BCUT2D eigenvalue weighted by Crippen LogP contribution is -2.56. The van der Waals surface area contributed by atoms with Crippen molar-refractivity contribution in [2.45, 2.75) is 44.7 Å². The molecule has 2 heterocycles. The third-order valence-corrected chi connectivity index (χ3v) is 4.94. The minimum atomic E-state index is 0.214. The van der Waals surface area contributed by atoms with Gasteiger partial charge in [-0.15, -0.1) is 0 Å². The quantitative estimate of drug-likeness (QED) is 0.791. The summed E-state index contributed by atoms with van der Waals surface area (Å²) in [5, 5.41) is 0. The number of nitrogens with zero attached hydrogens (tertiary/aromatic N) is 3. The molecule has 0 spiro atoms. The first-order valence-electron chi connectivity index (χ1n) is 8.07. The third-order valence-electron chi connectivity index (χ3n) is 4.94. The van der Waals surface area contributed by atoms with Crippen LogP contribution in [-0.2, 0) is 4.79 Å². The lowest BCUT2D eigenvalue weighted by Gasteiger charge is -2.42. The van der Waals surface area contributed by atoms with Gasteiger partial charge in [-0.3, -0.25) is 9.69 Å². The largest absolute Gasteiger partial charge is 0.343 e. The lowest BCUT2D eigenvalue weighted by molar-refractivity contribution is -0.131. The Morgan fingerprint density at radius 3 is 2.55 bits per heavy atom. The first-order valence-corrected chi connectivity index (χ1v) is 8.07. The van der Waals surface area contributed by atoms with Gasteiger partial charge in [-0.05, 0) is 26.3 Å². The average Bonchev–Trinajstić information content (AvgIpc) is 2.99. The zero-order valence-electron chi connectivity index (χ0n) is 13.1. The van der Waals surface area contributed by atoms with E-state index in [1.807, 2.05) is 4.90 Å². The van der Waals surface area contributed by atoms with Crippen molar-refractivity contribution in [3.8, 4) is 0 Å². The van der Waals surface area contributed by atoms with Crippen LogP contribution in [0.3, 0.4) is 0 Å². The van der Waals surface area contributed by atoms with Gasteiger partial charge in [0.05, 0.1) is 0 Å². The van der Waals surface area contributed by atoms with Crippen LogP contribution in [0.2, 0.25) is 0 Å². The monoisotopic (exact) mass is 282 g/mol. The number of carbonyl (C=O) groups is 1. The van der Waals surface area contributed by atoms with Crippen molar-refractivity contribution >= 4 is 5.91 Å². The molecule has 2 fully saturated rings. The topological polar surface area (TPSA) is 52.8 Å². The second kappa shape index (κ2) is 7.38. The maximum absolute atomic E-state index is 12.3. The van der Waals surface area contributed by atoms with Crippen LogP contribution in [0, 0.1) is 0 Å². The highest BCUT2D eigenvalue weighted by Gasteiger charge is 2.30. The Labute approximate surface area is 123 Å². The molecule has 1 amide bonds. The molecule has 0 aliphatic carbocycles. The molecule has 116 valence electrons. The Kier molecular flexibility index (Phi) is 5.81. The van der Waals surface area contributed by atoms with Crippen LogP contribution in [0.25, 0.3) is 0 Å². The van der Waals surface area contributed by atoms with Gasteiger partial charge in [-0.2, -0.15) is 0 Å². The molecule has 0 bridgehead atoms. The summed E-state index contributed by atoms with van der Waals surface area (Å²) >= 11 is 0. The Hall–Kier alpha value is -0.650. The number of amides is 1. The highest BCUT2D eigenvalue weighted by Crippen LogP contribution is 2.17. The zero-order valence-corrected chi connectivity index (χ0v) is 13.1. The summed E-state index contributed by atoms with van der Waals surface area (Å²) in [4.78, 5) is 19.2. The third kappa shape index (κ3) is 3.71. The van der Waals surface area contributed by atoms with Crippen LogP contribution in [0.4, 0.5) is 0 Å². The molecule has 0 saturated carbocycles. The van der Waals surface area contributed by atoms with Crippen LogP contribution < -0.4 is 5.73 Å². The molecule has 0 aromatic heterocycles. The molecule has 20 heavy (non-hydrogen) atoms. The fraction of sp³-hybridized carbons (Fsp3) is 0.933. The number of hydrogen-bond donors (Lipinski definition) is 1. The predicted octanol–water partition coefficient (Wildman–Crippen LogP) is 0.352. The molecule has 2 saturated heterocycles. The van der Waals surface area contributed by atoms with Gasteiger partial charge in [-0.1, -0.05) is 6.92 Å². The SMILES string of the molecule is CCC1CN(C(CN)CC(=O)N2CCCC2)CCN1C. The molecular weight excluding hydrogens is 252 g/mol. The summed E-state index contributed by atoms with van der Waals surface area (Å²) in [7, 11) is 2.19. The van der Waals surface area contributed by atoms with Gasteiger partial charge in [-0.25, -0.2) is 0 Å². The van der Waals surface area contributed by atoms with Crippen LogP contribution in [0.15, 0.2) is 0 Å². The van der Waals surface area contributed by atoms with Gasteiger partial charge in [0.15, 0.2) is 0 Å². The first kappa shape index (κ1) is 15.7. The van der Waals surface area contributed by atoms with Gasteiger partial charge in [0.2, 0.25) is 5.91 Å². The van der Waals surface area contributed by atoms with Gasteiger partial charge >= 0.3 is 0 Å². The number of likely N-dealkylation sites (N-methyl/N-ethyl adjacent to an activating group) is 1. The van der Waals surface area contributed by atoms with Crippen molar-refractivity contribution in [1.29, 1.82) is 0 Å². The van der Waals surface area contributed by atoms with Crippen LogP contribution in [0.1, 0.15) is 32.6 Å². The standard InChI is InChI=1S/C15H30N4O/c1-3-13-12-19(9-8-17(13)2)14(11-16)10-15(20)18-6-4-5-7-18/h13-14H,3-12,16H2,1-2H3. The van der Waals surface area contributed by atoms with E-state index in [4.69, 9.17) is 5.73 Å². The molecule has 2 rings (SSSR count). The van der Waals surface area contributed by atoms with Gasteiger partial charge in [0.25, 0.3) is 0 Å². The van der Waals surface area contributed by atoms with E-state index in [2.05, 4.69) is 23.8 Å². The molecule has 0 aromatic carbocycles. The van der Waals surface area contributed by atoms with Crippen molar-refractivity contribution in [2.24, 2.45) is 5.73 Å². The summed E-state index contributed by atoms with van der Waals surface area (Å²) in [5.41, 5.74) is 5.95. The molecule has 2 atom stereocenters. The van der Waals surface area contributed by atoms with Crippen molar-refractivity contribution in [3.05, 3.63) is 0 Å². The summed E-state index contributed by atoms with van der Waals surface area (Å²) < 4.78 is 0. The maximum Gasteiger partial charge on any atom is 0.224 e. The van der Waals surface area contributed by atoms with Crippen LogP contribution in [0.5, 0.6) is 0 Å². The molecule has 2 N–H and O–H groups in total. The molecule has 2 aliphatic heterocycles. The Balaban J connectivity index is 1.88. The second-order valence-corrected chi connectivity index (χ2v) is 6.22. The van der Waals surface area contributed by atoms with Gasteiger partial charge in [0.1, 0.15) is 0 Å². The van der Waals surface area contributed by atoms with Crippen molar-refractivity contribution in [1.82, 2.24) is 14.7 Å². The van der Waals surface area contributed by atoms with Crippen molar-refractivity contribution in [2.75, 3.05) is 46.3 Å². The van der Waals surface area contributed by atoms with Gasteiger partial charge in [0, 0.05) is 57.8 Å². The molecule has 2 aliphatic rings.